The number of aliphatic carboxylic acids is 1. The van der Waals surface area contributed by atoms with Gasteiger partial charge >= 0.3 is 5.97 Å². The summed E-state index contributed by atoms with van der Waals surface area (Å²) >= 11 is 0. The Bertz CT molecular complexity index is 847. The fourth-order valence-electron chi connectivity index (χ4n) is 3.56. The number of ether oxygens (including phenoxy) is 4. The van der Waals surface area contributed by atoms with Gasteiger partial charge in [-0.2, -0.15) is 0 Å². The lowest BCUT2D eigenvalue weighted by atomic mass is 10.0. The number of aryl methyl sites for hydroxylation is 1. The van der Waals surface area contributed by atoms with Crippen LogP contribution in [-0.4, -0.2) is 56.4 Å². The van der Waals surface area contributed by atoms with Crippen molar-refractivity contribution in [3.8, 4) is 17.2 Å². The van der Waals surface area contributed by atoms with Crippen LogP contribution in [0.25, 0.3) is 0 Å². The van der Waals surface area contributed by atoms with Crippen LogP contribution in [0.2, 0.25) is 0 Å². The summed E-state index contributed by atoms with van der Waals surface area (Å²) in [5.74, 6) is 1.45. The highest BCUT2D eigenvalue weighted by Crippen LogP contribution is 2.29. The van der Waals surface area contributed by atoms with Crippen LogP contribution in [0.3, 0.4) is 0 Å². The van der Waals surface area contributed by atoms with E-state index in [-0.39, 0.29) is 12.5 Å². The number of nitrogens with zero attached hydrogens (tertiary/aromatic N) is 1. The molecule has 162 valence electrons. The Kier molecular flexibility index (Phi) is 7.54. The zero-order valence-electron chi connectivity index (χ0n) is 17.7. The van der Waals surface area contributed by atoms with Crippen molar-refractivity contribution < 1.29 is 28.8 Å². The lowest BCUT2D eigenvalue weighted by molar-refractivity contribution is -0.137. The molecule has 1 aliphatic heterocycles. The second-order valence-electron chi connectivity index (χ2n) is 7.33. The molecule has 2 aromatic carbocycles. The Morgan fingerprint density at radius 1 is 1.13 bits per heavy atom. The standard InChI is InChI=1S/C23H29NO6/c1-16-10-18(30-15-17-11-19(27-2)13-20(12-17)28-3)4-5-21(16)22-14-24(8-9-29-22)7-6-23(25)26/h4-5,10-13,22H,6-9,14-15H2,1-3H3,(H,25,26). The van der Waals surface area contributed by atoms with Crippen molar-refractivity contribution in [1.82, 2.24) is 4.90 Å². The third kappa shape index (κ3) is 5.87. The zero-order chi connectivity index (χ0) is 21.5. The molecule has 1 heterocycles. The SMILES string of the molecule is COc1cc(COc2ccc(C3CN(CCC(=O)O)CCO3)c(C)c2)cc(OC)c1. The number of carboxylic acid groups (broad SMARTS) is 1. The third-order valence-corrected chi connectivity index (χ3v) is 5.20. The van der Waals surface area contributed by atoms with Crippen LogP contribution >= 0.6 is 0 Å². The van der Waals surface area contributed by atoms with Crippen LogP contribution < -0.4 is 14.2 Å². The van der Waals surface area contributed by atoms with E-state index in [4.69, 9.17) is 24.1 Å². The lowest BCUT2D eigenvalue weighted by Gasteiger charge is -2.33. The van der Waals surface area contributed by atoms with E-state index < -0.39 is 5.97 Å². The molecule has 0 saturated carbocycles. The summed E-state index contributed by atoms with van der Waals surface area (Å²) in [5, 5.41) is 8.91. The van der Waals surface area contributed by atoms with E-state index in [2.05, 4.69) is 4.90 Å². The van der Waals surface area contributed by atoms with E-state index in [1.165, 1.54) is 0 Å². The Hall–Kier alpha value is -2.77. The fourth-order valence-corrected chi connectivity index (χ4v) is 3.56. The first-order valence-electron chi connectivity index (χ1n) is 9.99. The number of rotatable bonds is 9. The van der Waals surface area contributed by atoms with Gasteiger partial charge in [0.15, 0.2) is 0 Å². The number of hydrogen-bond acceptors (Lipinski definition) is 6. The predicted octanol–water partition coefficient (Wildman–Crippen LogP) is 3.44. The first-order valence-corrected chi connectivity index (χ1v) is 9.99. The first-order chi connectivity index (χ1) is 14.5. The summed E-state index contributed by atoms with van der Waals surface area (Å²) < 4.78 is 22.5. The minimum absolute atomic E-state index is 0.0655. The van der Waals surface area contributed by atoms with E-state index in [0.717, 1.165) is 40.5 Å². The molecule has 7 nitrogen and oxygen atoms in total. The van der Waals surface area contributed by atoms with Gasteiger partial charge in [-0.3, -0.25) is 9.69 Å². The van der Waals surface area contributed by atoms with Crippen molar-refractivity contribution in [2.24, 2.45) is 0 Å². The number of benzene rings is 2. The third-order valence-electron chi connectivity index (χ3n) is 5.20. The molecule has 1 saturated heterocycles. The molecule has 0 bridgehead atoms. The molecule has 1 aliphatic rings. The number of carboxylic acids is 1. The molecule has 0 radical (unpaired) electrons. The Morgan fingerprint density at radius 3 is 2.50 bits per heavy atom. The minimum Gasteiger partial charge on any atom is -0.497 e. The highest BCUT2D eigenvalue weighted by Gasteiger charge is 2.23. The molecule has 3 rings (SSSR count). The molecule has 30 heavy (non-hydrogen) atoms. The summed E-state index contributed by atoms with van der Waals surface area (Å²) in [4.78, 5) is 13.0. The van der Waals surface area contributed by atoms with Gasteiger partial charge in [0.25, 0.3) is 0 Å². The van der Waals surface area contributed by atoms with Gasteiger partial charge in [-0.1, -0.05) is 6.07 Å². The van der Waals surface area contributed by atoms with Gasteiger partial charge in [0.05, 0.1) is 33.4 Å². The molecule has 0 spiro atoms. The molecule has 0 amide bonds. The second-order valence-corrected chi connectivity index (χ2v) is 7.33. The number of carbonyl (C=O) groups is 1. The van der Waals surface area contributed by atoms with Crippen LogP contribution in [0.15, 0.2) is 36.4 Å². The minimum atomic E-state index is -0.774. The highest BCUT2D eigenvalue weighted by atomic mass is 16.5. The quantitative estimate of drug-likeness (QED) is 0.672. The van der Waals surface area contributed by atoms with Crippen LogP contribution in [0, 0.1) is 6.92 Å². The molecular weight excluding hydrogens is 386 g/mol. The van der Waals surface area contributed by atoms with Crippen LogP contribution in [0.5, 0.6) is 17.2 Å². The Labute approximate surface area is 177 Å². The number of morpholine rings is 1. The fraction of sp³-hybridized carbons (Fsp3) is 0.435. The summed E-state index contributed by atoms with van der Waals surface area (Å²) in [6.07, 6.45) is 0.0808. The topological polar surface area (TPSA) is 77.5 Å². The molecule has 0 aliphatic carbocycles. The maximum atomic E-state index is 10.8. The normalized spacial score (nSPS) is 16.8. The van der Waals surface area contributed by atoms with E-state index in [9.17, 15) is 4.79 Å². The van der Waals surface area contributed by atoms with Gasteiger partial charge in [-0.25, -0.2) is 0 Å². The van der Waals surface area contributed by atoms with Gasteiger partial charge in [-0.05, 0) is 47.9 Å². The van der Waals surface area contributed by atoms with Gasteiger partial charge in [-0.15, -0.1) is 0 Å². The summed E-state index contributed by atoms with van der Waals surface area (Å²) in [6.45, 7) is 5.02. The van der Waals surface area contributed by atoms with Gasteiger partial charge in [0.1, 0.15) is 23.9 Å². The van der Waals surface area contributed by atoms with Crippen molar-refractivity contribution in [1.29, 1.82) is 0 Å². The summed E-state index contributed by atoms with van der Waals surface area (Å²) in [7, 11) is 3.25. The highest BCUT2D eigenvalue weighted by molar-refractivity contribution is 5.66. The molecule has 2 aromatic rings. The van der Waals surface area contributed by atoms with Crippen molar-refractivity contribution in [2.75, 3.05) is 40.5 Å². The van der Waals surface area contributed by atoms with Gasteiger partial charge in [0, 0.05) is 25.7 Å². The molecule has 1 N–H and O–H groups in total. The monoisotopic (exact) mass is 415 g/mol. The first kappa shape index (κ1) is 21.9. The van der Waals surface area contributed by atoms with E-state index in [1.807, 2.05) is 43.3 Å². The molecule has 1 atom stereocenters. The van der Waals surface area contributed by atoms with Crippen LogP contribution in [-0.2, 0) is 16.1 Å². The van der Waals surface area contributed by atoms with Gasteiger partial charge in [0.2, 0.25) is 0 Å². The van der Waals surface area contributed by atoms with Crippen LogP contribution in [0.1, 0.15) is 29.2 Å². The van der Waals surface area contributed by atoms with Crippen molar-refractivity contribution in [2.45, 2.75) is 26.1 Å². The number of methoxy groups -OCH3 is 2. The second kappa shape index (κ2) is 10.3. The van der Waals surface area contributed by atoms with Crippen LogP contribution in [0.4, 0.5) is 0 Å². The van der Waals surface area contributed by atoms with E-state index in [1.54, 1.807) is 14.2 Å². The van der Waals surface area contributed by atoms with E-state index in [0.29, 0.717) is 26.3 Å². The van der Waals surface area contributed by atoms with Crippen molar-refractivity contribution in [3.63, 3.8) is 0 Å². The number of hydrogen-bond donors (Lipinski definition) is 1. The predicted molar refractivity (Wildman–Crippen MR) is 112 cm³/mol. The molecule has 7 heteroatoms. The zero-order valence-corrected chi connectivity index (χ0v) is 17.7. The average molecular weight is 415 g/mol. The summed E-state index contributed by atoms with van der Waals surface area (Å²) in [6, 6.07) is 11.6. The average Bonchev–Trinajstić information content (AvgIpc) is 2.76. The maximum absolute atomic E-state index is 10.8. The molecular formula is C23H29NO6. The molecule has 1 fully saturated rings. The van der Waals surface area contributed by atoms with Crippen molar-refractivity contribution >= 4 is 5.97 Å². The van der Waals surface area contributed by atoms with E-state index >= 15 is 0 Å². The summed E-state index contributed by atoms with van der Waals surface area (Å²) in [5.41, 5.74) is 3.14. The smallest absolute Gasteiger partial charge is 0.304 e. The maximum Gasteiger partial charge on any atom is 0.304 e. The molecule has 1 unspecified atom stereocenters. The largest absolute Gasteiger partial charge is 0.497 e. The lowest BCUT2D eigenvalue weighted by Crippen LogP contribution is -2.39. The van der Waals surface area contributed by atoms with Crippen molar-refractivity contribution in [3.05, 3.63) is 53.1 Å². The Morgan fingerprint density at radius 2 is 1.87 bits per heavy atom. The van der Waals surface area contributed by atoms with Gasteiger partial charge < -0.3 is 24.1 Å². The molecule has 0 aromatic heterocycles. The Balaban J connectivity index is 1.63.